The number of hydrogen-bond donors (Lipinski definition) is 4. The molecule has 1 aliphatic heterocycles. The lowest BCUT2D eigenvalue weighted by Crippen LogP contribution is -2.46. The Balaban J connectivity index is 1.86. The lowest BCUT2D eigenvalue weighted by Gasteiger charge is -2.29. The van der Waals surface area contributed by atoms with Crippen molar-refractivity contribution in [3.63, 3.8) is 0 Å². The highest BCUT2D eigenvalue weighted by Gasteiger charge is 2.42. The van der Waals surface area contributed by atoms with Crippen molar-refractivity contribution in [2.75, 3.05) is 39.3 Å². The third kappa shape index (κ3) is 4.08. The van der Waals surface area contributed by atoms with E-state index in [9.17, 15) is 9.59 Å². The number of hydrogen-bond acceptors (Lipinski definition) is 8. The van der Waals surface area contributed by atoms with Crippen LogP contribution < -0.4 is 25.0 Å². The lowest BCUT2D eigenvalue weighted by atomic mass is 10.1. The number of ether oxygens (including phenoxy) is 2. The van der Waals surface area contributed by atoms with Gasteiger partial charge in [-0.25, -0.2) is 4.98 Å². The Morgan fingerprint density at radius 2 is 1.88 bits per heavy atom. The molecular weight excluding hydrogens is 426 g/mol. The van der Waals surface area contributed by atoms with E-state index in [4.69, 9.17) is 14.6 Å². The van der Waals surface area contributed by atoms with Gasteiger partial charge in [-0.3, -0.25) is 9.59 Å². The minimum absolute atomic E-state index is 0.0212. The molecule has 2 aromatic carbocycles. The van der Waals surface area contributed by atoms with E-state index in [0.717, 1.165) is 11.0 Å². The molecule has 10 heteroatoms. The van der Waals surface area contributed by atoms with Gasteiger partial charge in [-0.05, 0) is 12.1 Å². The fourth-order valence-corrected chi connectivity index (χ4v) is 3.91. The third-order valence-corrected chi connectivity index (χ3v) is 5.45. The smallest absolute Gasteiger partial charge is 0.245 e. The molecule has 0 fully saturated rings. The van der Waals surface area contributed by atoms with Crippen molar-refractivity contribution < 1.29 is 24.2 Å². The maximum atomic E-state index is 13.7. The van der Waals surface area contributed by atoms with Crippen LogP contribution >= 0.6 is 0 Å². The number of anilines is 1. The molecule has 4 N–H and O–H groups in total. The molecule has 1 amide bonds. The zero-order chi connectivity index (χ0) is 23.5. The number of aromatic amines is 1. The molecule has 4 rings (SSSR count). The van der Waals surface area contributed by atoms with Crippen molar-refractivity contribution in [2.45, 2.75) is 6.04 Å². The van der Waals surface area contributed by atoms with E-state index in [0.29, 0.717) is 34.4 Å². The molecule has 1 aliphatic rings. The number of rotatable bonds is 8. The van der Waals surface area contributed by atoms with Crippen molar-refractivity contribution in [1.29, 1.82) is 0 Å². The molecule has 33 heavy (non-hydrogen) atoms. The van der Waals surface area contributed by atoms with Gasteiger partial charge >= 0.3 is 0 Å². The van der Waals surface area contributed by atoms with Crippen LogP contribution in [0.15, 0.2) is 48.3 Å². The van der Waals surface area contributed by atoms with E-state index in [-0.39, 0.29) is 12.3 Å². The van der Waals surface area contributed by atoms with Crippen LogP contribution in [0.5, 0.6) is 11.5 Å². The monoisotopic (exact) mass is 451 g/mol. The van der Waals surface area contributed by atoms with Crippen LogP contribution in [0.1, 0.15) is 5.82 Å². The fourth-order valence-electron chi connectivity index (χ4n) is 3.91. The molecule has 0 unspecified atom stereocenters. The summed E-state index contributed by atoms with van der Waals surface area (Å²) in [5, 5.41) is 14.9. The van der Waals surface area contributed by atoms with Crippen LogP contribution in [0.2, 0.25) is 0 Å². The summed E-state index contributed by atoms with van der Waals surface area (Å²) in [4.78, 5) is 35.0. The van der Waals surface area contributed by atoms with Crippen LogP contribution in [0.4, 0.5) is 5.69 Å². The van der Waals surface area contributed by atoms with Gasteiger partial charge in [-0.15, -0.1) is 0 Å². The highest BCUT2D eigenvalue weighted by molar-refractivity contribution is 6.28. The number of carbonyl (C=O) groups is 2. The number of ketones is 1. The molecule has 0 spiro atoms. The molecule has 10 nitrogen and oxygen atoms in total. The number of para-hydroxylation sites is 2. The summed E-state index contributed by atoms with van der Waals surface area (Å²) in [7, 11) is 4.80. The first-order chi connectivity index (χ1) is 16.0. The van der Waals surface area contributed by atoms with E-state index in [2.05, 4.69) is 20.6 Å². The number of amides is 1. The minimum Gasteiger partial charge on any atom is -0.497 e. The van der Waals surface area contributed by atoms with Gasteiger partial charge in [0.05, 0.1) is 30.9 Å². The molecule has 2 heterocycles. The Labute approximate surface area is 190 Å². The first-order valence-electron chi connectivity index (χ1n) is 10.3. The minimum atomic E-state index is -0.789. The molecule has 1 aromatic heterocycles. The first kappa shape index (κ1) is 22.2. The zero-order valence-electron chi connectivity index (χ0n) is 18.5. The number of H-pyrrole nitrogens is 1. The molecule has 1 atom stereocenters. The number of aliphatic hydroxyl groups excluding tert-OH is 1. The van der Waals surface area contributed by atoms with Gasteiger partial charge in [0.1, 0.15) is 41.4 Å². The Hall–Kier alpha value is -4.05. The summed E-state index contributed by atoms with van der Waals surface area (Å²) < 4.78 is 10.8. The first-order valence-corrected chi connectivity index (χ1v) is 10.3. The van der Waals surface area contributed by atoms with Crippen molar-refractivity contribution in [3.8, 4) is 11.5 Å². The molecule has 0 saturated heterocycles. The highest BCUT2D eigenvalue weighted by atomic mass is 16.5. The third-order valence-electron chi connectivity index (χ3n) is 5.45. The van der Waals surface area contributed by atoms with Crippen LogP contribution in [0, 0.1) is 0 Å². The normalized spacial score (nSPS) is 15.8. The van der Waals surface area contributed by atoms with E-state index in [1.165, 1.54) is 0 Å². The predicted octanol–water partition coefficient (Wildman–Crippen LogP) is 1.03. The summed E-state index contributed by atoms with van der Waals surface area (Å²) in [5.74, 6) is 1.21. The van der Waals surface area contributed by atoms with Crippen molar-refractivity contribution in [1.82, 2.24) is 20.6 Å². The van der Waals surface area contributed by atoms with Crippen molar-refractivity contribution in [3.05, 3.63) is 54.1 Å². The average Bonchev–Trinajstić information content (AvgIpc) is 3.39. The summed E-state index contributed by atoms with van der Waals surface area (Å²) in [6.45, 7) is -0.691. The van der Waals surface area contributed by atoms with Gasteiger partial charge in [0.25, 0.3) is 0 Å². The van der Waals surface area contributed by atoms with Gasteiger partial charge in [-0.1, -0.05) is 12.1 Å². The summed E-state index contributed by atoms with van der Waals surface area (Å²) in [6.07, 6.45) is 0. The van der Waals surface area contributed by atoms with Gasteiger partial charge in [0.2, 0.25) is 5.91 Å². The SMILES string of the molecule is CNC1=C(c2nc3ccccc3[nH]2)C(=O)[C@H](CNC(=O)CO)N1c1cc(OC)cc(OC)c1. The van der Waals surface area contributed by atoms with Crippen molar-refractivity contribution in [2.24, 2.45) is 0 Å². The van der Waals surface area contributed by atoms with Crippen LogP contribution in [0.25, 0.3) is 16.6 Å². The molecule has 172 valence electrons. The van der Waals surface area contributed by atoms with Gasteiger partial charge in [-0.2, -0.15) is 0 Å². The van der Waals surface area contributed by atoms with E-state index < -0.39 is 18.6 Å². The Kier molecular flexibility index (Phi) is 6.18. The topological polar surface area (TPSA) is 129 Å². The molecule has 0 radical (unpaired) electrons. The summed E-state index contributed by atoms with van der Waals surface area (Å²) in [6, 6.07) is 12.0. The van der Waals surface area contributed by atoms with E-state index in [1.54, 1.807) is 44.4 Å². The second-order valence-electron chi connectivity index (χ2n) is 7.36. The quantitative estimate of drug-likeness (QED) is 0.400. The van der Waals surface area contributed by atoms with E-state index >= 15 is 0 Å². The number of carbonyl (C=O) groups excluding carboxylic acids is 2. The number of benzene rings is 2. The second kappa shape index (κ2) is 9.21. The maximum absolute atomic E-state index is 13.7. The number of nitrogens with zero attached hydrogens (tertiary/aromatic N) is 2. The number of fused-ring (bicyclic) bond motifs is 1. The van der Waals surface area contributed by atoms with Gasteiger partial charge < -0.3 is 35.1 Å². The van der Waals surface area contributed by atoms with E-state index in [1.807, 2.05) is 24.3 Å². The van der Waals surface area contributed by atoms with Crippen molar-refractivity contribution >= 4 is 34.0 Å². The van der Waals surface area contributed by atoms with Gasteiger partial charge in [0.15, 0.2) is 5.78 Å². The molecule has 3 aromatic rings. The number of Topliss-reactive ketones (excluding diaryl/α,β-unsaturated/α-hetero) is 1. The predicted molar refractivity (Wildman–Crippen MR) is 123 cm³/mol. The summed E-state index contributed by atoms with van der Waals surface area (Å²) in [5.41, 5.74) is 2.52. The molecule has 0 bridgehead atoms. The molecular formula is C23H25N5O5. The number of aromatic nitrogens is 2. The average molecular weight is 451 g/mol. The lowest BCUT2D eigenvalue weighted by molar-refractivity contribution is -0.124. The molecule has 0 aliphatic carbocycles. The largest absolute Gasteiger partial charge is 0.497 e. The maximum Gasteiger partial charge on any atom is 0.245 e. The second-order valence-corrected chi connectivity index (χ2v) is 7.36. The zero-order valence-corrected chi connectivity index (χ0v) is 18.5. The highest BCUT2D eigenvalue weighted by Crippen LogP contribution is 2.38. The van der Waals surface area contributed by atoms with Crippen LogP contribution in [-0.2, 0) is 9.59 Å². The van der Waals surface area contributed by atoms with Crippen LogP contribution in [0.3, 0.4) is 0 Å². The summed E-state index contributed by atoms with van der Waals surface area (Å²) >= 11 is 0. The Morgan fingerprint density at radius 1 is 1.18 bits per heavy atom. The van der Waals surface area contributed by atoms with Crippen LogP contribution in [-0.4, -0.2) is 67.2 Å². The van der Waals surface area contributed by atoms with Gasteiger partial charge in [0, 0.05) is 31.8 Å². The number of aliphatic hydroxyl groups is 1. The fraction of sp³-hybridized carbons (Fsp3) is 0.261. The Bertz CT molecular complexity index is 1180. The number of imidazole rings is 1. The number of methoxy groups -OCH3 is 2. The standard InChI is InChI=1S/C23H25N5O5/c1-24-23-20(22-26-16-6-4-5-7-17(16)27-22)21(31)18(11-25-19(30)12-29)28(23)13-8-14(32-2)10-15(9-13)33-3/h4-10,18,24,29H,11-12H2,1-3H3,(H,25,30)(H,26,27)/t18-/m0/s1. The Morgan fingerprint density at radius 3 is 2.48 bits per heavy atom. The number of nitrogens with one attached hydrogen (secondary N) is 3. The molecule has 0 saturated carbocycles.